The summed E-state index contributed by atoms with van der Waals surface area (Å²) in [6.45, 7) is 0. The van der Waals surface area contributed by atoms with Gasteiger partial charge in [0.1, 0.15) is 5.82 Å². The smallest absolute Gasteiger partial charge is 0.269 e. The highest BCUT2D eigenvalue weighted by Gasteiger charge is 2.25. The minimum atomic E-state index is -0.500. The molecule has 1 aliphatic carbocycles. The molecule has 1 aliphatic rings. The number of nitro groups is 1. The van der Waals surface area contributed by atoms with Crippen LogP contribution in [0.2, 0.25) is 0 Å². The number of nitro benzene ring substituents is 1. The van der Waals surface area contributed by atoms with E-state index in [0.29, 0.717) is 22.1 Å². The van der Waals surface area contributed by atoms with Crippen molar-refractivity contribution in [3.63, 3.8) is 0 Å². The molecule has 0 unspecified atom stereocenters. The van der Waals surface area contributed by atoms with Gasteiger partial charge in [0.2, 0.25) is 0 Å². The Morgan fingerprint density at radius 2 is 1.81 bits per heavy atom. The summed E-state index contributed by atoms with van der Waals surface area (Å²) < 4.78 is 16.4. The van der Waals surface area contributed by atoms with E-state index in [9.17, 15) is 19.3 Å². The molecular formula is C22H21FN4O3S. The van der Waals surface area contributed by atoms with Gasteiger partial charge in [-0.3, -0.25) is 19.5 Å². The van der Waals surface area contributed by atoms with Gasteiger partial charge >= 0.3 is 0 Å². The van der Waals surface area contributed by atoms with E-state index < -0.39 is 4.92 Å². The van der Waals surface area contributed by atoms with E-state index in [1.807, 2.05) is 4.57 Å². The molecule has 0 atom stereocenters. The Balaban J connectivity index is 1.58. The lowest BCUT2D eigenvalue weighted by molar-refractivity contribution is -0.384. The average molecular weight is 441 g/mol. The Labute approximate surface area is 182 Å². The molecule has 3 aromatic rings. The van der Waals surface area contributed by atoms with E-state index in [2.05, 4.69) is 10.2 Å². The monoisotopic (exact) mass is 440 g/mol. The van der Waals surface area contributed by atoms with Crippen molar-refractivity contribution in [2.75, 3.05) is 5.75 Å². The van der Waals surface area contributed by atoms with Crippen LogP contribution in [0.5, 0.6) is 0 Å². The number of non-ortho nitro benzene ring substituents is 1. The molecule has 1 heterocycles. The van der Waals surface area contributed by atoms with Crippen LogP contribution in [0, 0.1) is 15.9 Å². The second-order valence-corrected chi connectivity index (χ2v) is 8.41. The van der Waals surface area contributed by atoms with Crippen LogP contribution in [0.1, 0.15) is 48.5 Å². The van der Waals surface area contributed by atoms with E-state index in [1.165, 1.54) is 48.5 Å². The van der Waals surface area contributed by atoms with Crippen LogP contribution < -0.4 is 0 Å². The molecule has 1 aromatic heterocycles. The van der Waals surface area contributed by atoms with Gasteiger partial charge in [-0.2, -0.15) is 0 Å². The van der Waals surface area contributed by atoms with Gasteiger partial charge in [-0.15, -0.1) is 10.2 Å². The first-order chi connectivity index (χ1) is 15.0. The van der Waals surface area contributed by atoms with Crippen LogP contribution >= 0.6 is 11.8 Å². The summed E-state index contributed by atoms with van der Waals surface area (Å²) in [7, 11) is 0. The predicted octanol–water partition coefficient (Wildman–Crippen LogP) is 5.47. The van der Waals surface area contributed by atoms with Gasteiger partial charge in [0.05, 0.1) is 16.2 Å². The molecule has 1 saturated carbocycles. The van der Waals surface area contributed by atoms with Gasteiger partial charge in [-0.1, -0.05) is 43.2 Å². The fraction of sp³-hybridized carbons (Fsp3) is 0.318. The fourth-order valence-electron chi connectivity index (χ4n) is 3.85. The number of carbonyl (C=O) groups excluding carboxylic acids is 1. The third-order valence-corrected chi connectivity index (χ3v) is 6.39. The first-order valence-corrected chi connectivity index (χ1v) is 11.1. The summed E-state index contributed by atoms with van der Waals surface area (Å²) in [5.74, 6) is 0.0752. The zero-order valence-corrected chi connectivity index (χ0v) is 17.6. The van der Waals surface area contributed by atoms with E-state index in [1.54, 1.807) is 18.2 Å². The van der Waals surface area contributed by atoms with Gasteiger partial charge < -0.3 is 0 Å². The van der Waals surface area contributed by atoms with E-state index in [-0.39, 0.29) is 29.1 Å². The summed E-state index contributed by atoms with van der Waals surface area (Å²) in [5.41, 5.74) is 0.737. The fourth-order valence-corrected chi connectivity index (χ4v) is 4.75. The zero-order valence-electron chi connectivity index (χ0n) is 16.7. The summed E-state index contributed by atoms with van der Waals surface area (Å²) in [4.78, 5) is 22.9. The summed E-state index contributed by atoms with van der Waals surface area (Å²) in [6.07, 6.45) is 5.28. The van der Waals surface area contributed by atoms with Gasteiger partial charge in [0.25, 0.3) is 5.69 Å². The standard InChI is InChI=1S/C22H21FN4O3S/c23-19-9-5-4-8-18(19)21-24-25-22(26(21)16-6-2-1-3-7-16)31-14-20(28)15-10-12-17(13-11-15)27(29)30/h4-5,8-13,16H,1-3,6-7,14H2. The van der Waals surface area contributed by atoms with E-state index in [0.717, 1.165) is 25.7 Å². The van der Waals surface area contributed by atoms with Gasteiger partial charge in [0, 0.05) is 23.7 Å². The SMILES string of the molecule is O=C(CSc1nnc(-c2ccccc2F)n1C1CCCCC1)c1ccc([N+](=O)[O-])cc1. The van der Waals surface area contributed by atoms with Crippen molar-refractivity contribution in [3.8, 4) is 11.4 Å². The molecule has 4 rings (SSSR count). The van der Waals surface area contributed by atoms with Gasteiger partial charge in [-0.05, 0) is 37.1 Å². The molecule has 0 N–H and O–H groups in total. The minimum absolute atomic E-state index is 0.0595. The first kappa shape index (κ1) is 21.2. The number of ketones is 1. The molecule has 2 aromatic carbocycles. The average Bonchev–Trinajstić information content (AvgIpc) is 3.22. The van der Waals surface area contributed by atoms with Crippen LogP contribution in [-0.4, -0.2) is 31.2 Å². The molecule has 0 amide bonds. The Hall–Kier alpha value is -3.07. The predicted molar refractivity (Wildman–Crippen MR) is 116 cm³/mol. The van der Waals surface area contributed by atoms with Crippen LogP contribution in [0.4, 0.5) is 10.1 Å². The maximum Gasteiger partial charge on any atom is 0.269 e. The lowest BCUT2D eigenvalue weighted by atomic mass is 9.95. The summed E-state index contributed by atoms with van der Waals surface area (Å²) >= 11 is 1.26. The molecule has 1 fully saturated rings. The molecule has 160 valence electrons. The quantitative estimate of drug-likeness (QED) is 0.209. The number of Topliss-reactive ketones (excluding diaryl/α,β-unsaturated/α-hetero) is 1. The summed E-state index contributed by atoms with van der Waals surface area (Å²) in [6, 6.07) is 12.2. The Bertz CT molecular complexity index is 1090. The lowest BCUT2D eigenvalue weighted by Gasteiger charge is -2.25. The second kappa shape index (κ2) is 9.38. The number of hydrogen-bond acceptors (Lipinski definition) is 6. The molecule has 7 nitrogen and oxygen atoms in total. The molecule has 0 saturated heterocycles. The van der Waals surface area contributed by atoms with Crippen molar-refractivity contribution in [2.24, 2.45) is 0 Å². The number of nitrogens with zero attached hydrogens (tertiary/aromatic N) is 4. The number of hydrogen-bond donors (Lipinski definition) is 0. The zero-order chi connectivity index (χ0) is 21.8. The first-order valence-electron chi connectivity index (χ1n) is 10.1. The number of rotatable bonds is 7. The minimum Gasteiger partial charge on any atom is -0.299 e. The van der Waals surface area contributed by atoms with Crippen LogP contribution in [0.25, 0.3) is 11.4 Å². The molecule has 0 radical (unpaired) electrons. The Morgan fingerprint density at radius 3 is 2.48 bits per heavy atom. The maximum atomic E-state index is 14.5. The normalized spacial score (nSPS) is 14.5. The number of aromatic nitrogens is 3. The van der Waals surface area contributed by atoms with Crippen molar-refractivity contribution < 1.29 is 14.1 Å². The number of halogens is 1. The van der Waals surface area contributed by atoms with E-state index in [4.69, 9.17) is 0 Å². The summed E-state index contributed by atoms with van der Waals surface area (Å²) in [5, 5.41) is 19.9. The highest BCUT2D eigenvalue weighted by Crippen LogP contribution is 2.36. The van der Waals surface area contributed by atoms with Crippen molar-refractivity contribution in [3.05, 3.63) is 70.0 Å². The number of benzene rings is 2. The van der Waals surface area contributed by atoms with Crippen molar-refractivity contribution in [1.82, 2.24) is 14.8 Å². The highest BCUT2D eigenvalue weighted by molar-refractivity contribution is 7.99. The van der Waals surface area contributed by atoms with Gasteiger partial charge in [-0.25, -0.2) is 4.39 Å². The third kappa shape index (κ3) is 4.66. The maximum absolute atomic E-state index is 14.5. The molecule has 9 heteroatoms. The topological polar surface area (TPSA) is 90.9 Å². The van der Waals surface area contributed by atoms with Crippen LogP contribution in [0.15, 0.2) is 53.7 Å². The van der Waals surface area contributed by atoms with Crippen molar-refractivity contribution in [1.29, 1.82) is 0 Å². The molecule has 31 heavy (non-hydrogen) atoms. The third-order valence-electron chi connectivity index (χ3n) is 5.45. The lowest BCUT2D eigenvalue weighted by Crippen LogP contribution is -2.16. The molecular weight excluding hydrogens is 419 g/mol. The van der Waals surface area contributed by atoms with Gasteiger partial charge in [0.15, 0.2) is 16.8 Å². The van der Waals surface area contributed by atoms with E-state index >= 15 is 0 Å². The Morgan fingerprint density at radius 1 is 1.10 bits per heavy atom. The largest absolute Gasteiger partial charge is 0.299 e. The second-order valence-electron chi connectivity index (χ2n) is 7.46. The van der Waals surface area contributed by atoms with Crippen molar-refractivity contribution in [2.45, 2.75) is 43.3 Å². The number of thioether (sulfide) groups is 1. The molecule has 0 aliphatic heterocycles. The molecule has 0 spiro atoms. The van der Waals surface area contributed by atoms with Crippen LogP contribution in [-0.2, 0) is 0 Å². The highest BCUT2D eigenvalue weighted by atomic mass is 32.2. The Kier molecular flexibility index (Phi) is 6.41. The van der Waals surface area contributed by atoms with Crippen molar-refractivity contribution >= 4 is 23.2 Å². The molecule has 0 bridgehead atoms. The van der Waals surface area contributed by atoms with Crippen LogP contribution in [0.3, 0.4) is 0 Å². The number of carbonyl (C=O) groups is 1.